The number of nitrogens with one attached hydrogen (secondary N) is 2. The van der Waals surface area contributed by atoms with E-state index in [-0.39, 0.29) is 11.7 Å². The van der Waals surface area contributed by atoms with Crippen LogP contribution in [0, 0.1) is 5.82 Å². The van der Waals surface area contributed by atoms with Gasteiger partial charge in [0.2, 0.25) is 0 Å². The van der Waals surface area contributed by atoms with E-state index in [0.29, 0.717) is 6.54 Å². The Kier molecular flexibility index (Phi) is 7.05. The van der Waals surface area contributed by atoms with E-state index >= 15 is 0 Å². The van der Waals surface area contributed by atoms with Gasteiger partial charge in [-0.25, -0.2) is 4.39 Å². The summed E-state index contributed by atoms with van der Waals surface area (Å²) >= 11 is 0. The molecule has 2 aromatic rings. The van der Waals surface area contributed by atoms with E-state index in [9.17, 15) is 14.0 Å². The zero-order valence-corrected chi connectivity index (χ0v) is 18.6. The van der Waals surface area contributed by atoms with E-state index in [2.05, 4.69) is 45.7 Å². The number of hydrogen-bond acceptors (Lipinski definition) is 4. The topological polar surface area (TPSA) is 64.7 Å². The quantitative estimate of drug-likeness (QED) is 0.702. The number of fused-ring (bicyclic) bond motifs is 1. The predicted molar refractivity (Wildman–Crippen MR) is 124 cm³/mol. The summed E-state index contributed by atoms with van der Waals surface area (Å²) in [5.74, 6) is -1.97. The number of rotatable bonds is 5. The summed E-state index contributed by atoms with van der Waals surface area (Å²) in [5, 5.41) is 5.27. The Morgan fingerprint density at radius 2 is 1.81 bits per heavy atom. The van der Waals surface area contributed by atoms with Gasteiger partial charge in [-0.15, -0.1) is 0 Å². The highest BCUT2D eigenvalue weighted by molar-refractivity contribution is 6.39. The number of anilines is 2. The van der Waals surface area contributed by atoms with Crippen LogP contribution in [-0.2, 0) is 16.0 Å². The molecule has 1 fully saturated rings. The average molecular weight is 439 g/mol. The maximum absolute atomic E-state index is 13.4. The molecule has 0 bridgehead atoms. The van der Waals surface area contributed by atoms with Gasteiger partial charge in [0.15, 0.2) is 0 Å². The van der Waals surface area contributed by atoms with Crippen molar-refractivity contribution in [1.29, 1.82) is 0 Å². The number of likely N-dealkylation sites (tertiary alicyclic amines) is 1. The highest BCUT2D eigenvalue weighted by Gasteiger charge is 2.26. The molecule has 2 aromatic carbocycles. The summed E-state index contributed by atoms with van der Waals surface area (Å²) in [4.78, 5) is 29.5. The molecular weight excluding hydrogens is 407 g/mol. The first-order chi connectivity index (χ1) is 15.5. The Morgan fingerprint density at radius 1 is 1.00 bits per heavy atom. The second kappa shape index (κ2) is 10.1. The van der Waals surface area contributed by atoms with Gasteiger partial charge >= 0.3 is 11.8 Å². The summed E-state index contributed by atoms with van der Waals surface area (Å²) < 4.78 is 13.4. The molecule has 0 unspecified atom stereocenters. The minimum atomic E-state index is -0.792. The van der Waals surface area contributed by atoms with Gasteiger partial charge in [0.05, 0.1) is 6.04 Å². The summed E-state index contributed by atoms with van der Waals surface area (Å²) in [6, 6.07) is 12.1. The lowest BCUT2D eigenvalue weighted by Gasteiger charge is -2.36. The first-order valence-electron chi connectivity index (χ1n) is 11.4. The lowest BCUT2D eigenvalue weighted by atomic mass is 9.95. The fourth-order valence-corrected chi connectivity index (χ4v) is 4.72. The van der Waals surface area contributed by atoms with Crippen LogP contribution in [0.3, 0.4) is 0 Å². The Balaban J connectivity index is 1.46. The monoisotopic (exact) mass is 438 g/mol. The molecule has 0 aromatic heterocycles. The van der Waals surface area contributed by atoms with Gasteiger partial charge in [0.1, 0.15) is 5.82 Å². The molecular formula is C25H31FN4O2. The third kappa shape index (κ3) is 5.27. The van der Waals surface area contributed by atoms with Gasteiger partial charge < -0.3 is 15.5 Å². The molecule has 1 saturated heterocycles. The largest absolute Gasteiger partial charge is 0.374 e. The molecule has 0 radical (unpaired) electrons. The van der Waals surface area contributed by atoms with Gasteiger partial charge in [-0.3, -0.25) is 14.5 Å². The minimum absolute atomic E-state index is 0.0127. The van der Waals surface area contributed by atoms with Crippen molar-refractivity contribution < 1.29 is 14.0 Å². The standard InChI is InChI=1S/C25H31FN4O2/c1-29-12-6-7-18-15-19(10-11-22(18)29)23(30-13-3-2-4-14-30)17-27-24(31)25(32)28-21-9-5-8-20(26)16-21/h5,8-11,15-16,23H,2-4,6-7,12-14,17H2,1H3,(H,27,31)(H,28,32)/t23-/m1/s1. The Bertz CT molecular complexity index is 974. The van der Waals surface area contributed by atoms with Crippen LogP contribution in [0.2, 0.25) is 0 Å². The molecule has 4 rings (SSSR count). The van der Waals surface area contributed by atoms with E-state index in [4.69, 9.17) is 0 Å². The smallest absolute Gasteiger partial charge is 0.313 e. The predicted octanol–water partition coefficient (Wildman–Crippen LogP) is 3.49. The summed E-state index contributed by atoms with van der Waals surface area (Å²) in [7, 11) is 2.12. The molecule has 2 heterocycles. The Labute approximate surface area is 188 Å². The molecule has 2 amide bonds. The zero-order chi connectivity index (χ0) is 22.5. The van der Waals surface area contributed by atoms with Crippen LogP contribution in [0.1, 0.15) is 42.9 Å². The molecule has 170 valence electrons. The van der Waals surface area contributed by atoms with Crippen LogP contribution in [0.25, 0.3) is 0 Å². The number of carbonyl (C=O) groups is 2. The van der Waals surface area contributed by atoms with Crippen LogP contribution in [-0.4, -0.2) is 49.9 Å². The first-order valence-corrected chi connectivity index (χ1v) is 11.4. The number of carbonyl (C=O) groups excluding carboxylic acids is 2. The van der Waals surface area contributed by atoms with Crippen molar-refractivity contribution in [2.75, 3.05) is 43.4 Å². The minimum Gasteiger partial charge on any atom is -0.374 e. The Morgan fingerprint density at radius 3 is 2.59 bits per heavy atom. The molecule has 2 N–H and O–H groups in total. The maximum atomic E-state index is 13.4. The van der Waals surface area contributed by atoms with Crippen molar-refractivity contribution in [3.8, 4) is 0 Å². The van der Waals surface area contributed by atoms with Crippen LogP contribution in [0.5, 0.6) is 0 Å². The second-order valence-electron chi connectivity index (χ2n) is 8.70. The van der Waals surface area contributed by atoms with Crippen LogP contribution in [0.4, 0.5) is 15.8 Å². The van der Waals surface area contributed by atoms with Gasteiger partial charge in [-0.2, -0.15) is 0 Å². The van der Waals surface area contributed by atoms with Crippen molar-refractivity contribution in [3.05, 3.63) is 59.4 Å². The van der Waals surface area contributed by atoms with Gasteiger partial charge in [0.25, 0.3) is 0 Å². The fourth-order valence-electron chi connectivity index (χ4n) is 4.72. The number of hydrogen-bond donors (Lipinski definition) is 2. The lowest BCUT2D eigenvalue weighted by molar-refractivity contribution is -0.136. The third-order valence-electron chi connectivity index (χ3n) is 6.42. The SMILES string of the molecule is CN1CCCc2cc([C@@H](CNC(=O)C(=O)Nc3cccc(F)c3)N3CCCCC3)ccc21. The van der Waals surface area contributed by atoms with Crippen molar-refractivity contribution in [2.24, 2.45) is 0 Å². The van der Waals surface area contributed by atoms with E-state index in [0.717, 1.165) is 45.3 Å². The molecule has 0 saturated carbocycles. The highest BCUT2D eigenvalue weighted by Crippen LogP contribution is 2.31. The second-order valence-corrected chi connectivity index (χ2v) is 8.70. The normalized spacial score (nSPS) is 17.4. The maximum Gasteiger partial charge on any atom is 0.313 e. The third-order valence-corrected chi connectivity index (χ3v) is 6.42. The molecule has 32 heavy (non-hydrogen) atoms. The van der Waals surface area contributed by atoms with Crippen molar-refractivity contribution in [1.82, 2.24) is 10.2 Å². The number of nitrogens with zero attached hydrogens (tertiary/aromatic N) is 2. The Hall–Kier alpha value is -2.93. The molecule has 7 heteroatoms. The summed E-state index contributed by atoms with van der Waals surface area (Å²) in [6.07, 6.45) is 5.69. The van der Waals surface area contributed by atoms with E-state index in [1.165, 1.54) is 41.4 Å². The van der Waals surface area contributed by atoms with E-state index < -0.39 is 17.6 Å². The lowest BCUT2D eigenvalue weighted by Crippen LogP contribution is -2.43. The van der Waals surface area contributed by atoms with Gasteiger partial charge in [-0.1, -0.05) is 24.6 Å². The van der Waals surface area contributed by atoms with E-state index in [1.54, 1.807) is 6.07 Å². The number of amides is 2. The summed E-state index contributed by atoms with van der Waals surface area (Å²) in [6.45, 7) is 3.38. The fraction of sp³-hybridized carbons (Fsp3) is 0.440. The zero-order valence-electron chi connectivity index (χ0n) is 18.6. The van der Waals surface area contributed by atoms with Crippen molar-refractivity contribution >= 4 is 23.2 Å². The number of piperidine rings is 1. The molecule has 1 atom stereocenters. The molecule has 6 nitrogen and oxygen atoms in total. The molecule has 0 spiro atoms. The van der Waals surface area contributed by atoms with Gasteiger partial charge in [-0.05, 0) is 74.2 Å². The van der Waals surface area contributed by atoms with E-state index in [1.807, 2.05) is 0 Å². The van der Waals surface area contributed by atoms with Crippen molar-refractivity contribution in [3.63, 3.8) is 0 Å². The number of benzene rings is 2. The van der Waals surface area contributed by atoms with Crippen molar-refractivity contribution in [2.45, 2.75) is 38.1 Å². The first kappa shape index (κ1) is 22.3. The van der Waals surface area contributed by atoms with Crippen LogP contribution < -0.4 is 15.5 Å². The highest BCUT2D eigenvalue weighted by atomic mass is 19.1. The molecule has 2 aliphatic rings. The summed E-state index contributed by atoms with van der Waals surface area (Å²) in [5.41, 5.74) is 4.05. The van der Waals surface area contributed by atoms with Crippen LogP contribution in [0.15, 0.2) is 42.5 Å². The number of aryl methyl sites for hydroxylation is 1. The van der Waals surface area contributed by atoms with Crippen LogP contribution >= 0.6 is 0 Å². The average Bonchev–Trinajstić information content (AvgIpc) is 2.80. The molecule has 0 aliphatic carbocycles. The number of halogens is 1. The van der Waals surface area contributed by atoms with Gasteiger partial charge in [0, 0.05) is 31.5 Å². The molecule has 2 aliphatic heterocycles.